The average molecular weight is 391 g/mol. The smallest absolute Gasteiger partial charge is 0.319 e. The van der Waals surface area contributed by atoms with Crippen molar-refractivity contribution in [1.29, 1.82) is 0 Å². The SMILES string of the molecule is CNCC1CCN(S(=O)(=O)c2ccc(C(F)(F)F)c(F)c2)CC1.Cl. The molecule has 1 fully saturated rings. The number of halogens is 5. The van der Waals surface area contributed by atoms with Crippen molar-refractivity contribution in [2.45, 2.75) is 23.9 Å². The molecule has 0 atom stereocenters. The zero-order valence-electron chi connectivity index (χ0n) is 12.9. The highest BCUT2D eigenvalue weighted by Gasteiger charge is 2.36. The highest BCUT2D eigenvalue weighted by molar-refractivity contribution is 7.89. The molecule has 0 amide bonds. The second-order valence-electron chi connectivity index (χ2n) is 5.54. The molecule has 0 spiro atoms. The Morgan fingerprint density at radius 2 is 1.83 bits per heavy atom. The second-order valence-corrected chi connectivity index (χ2v) is 7.48. The fraction of sp³-hybridized carbons (Fsp3) is 0.571. The van der Waals surface area contributed by atoms with E-state index >= 15 is 0 Å². The van der Waals surface area contributed by atoms with Crippen LogP contribution in [-0.4, -0.2) is 39.4 Å². The maximum Gasteiger partial charge on any atom is 0.419 e. The lowest BCUT2D eigenvalue weighted by Gasteiger charge is -2.31. The molecule has 1 aliphatic rings. The molecule has 138 valence electrons. The van der Waals surface area contributed by atoms with Crippen molar-refractivity contribution in [3.8, 4) is 0 Å². The van der Waals surface area contributed by atoms with Crippen LogP contribution in [0.25, 0.3) is 0 Å². The molecule has 1 saturated heterocycles. The number of rotatable bonds is 4. The standard InChI is InChI=1S/C14H18F4N2O2S.ClH/c1-19-9-10-4-6-20(7-5-10)23(21,22)11-2-3-12(13(15)8-11)14(16,17)18;/h2-3,8,10,19H,4-7,9H2,1H3;1H. The van der Waals surface area contributed by atoms with Gasteiger partial charge in [-0.05, 0) is 50.6 Å². The van der Waals surface area contributed by atoms with Crippen LogP contribution >= 0.6 is 12.4 Å². The Hall–Kier alpha value is -0.900. The summed E-state index contributed by atoms with van der Waals surface area (Å²) in [6, 6.07) is 1.72. The van der Waals surface area contributed by atoms with Crippen LogP contribution in [0.1, 0.15) is 18.4 Å². The van der Waals surface area contributed by atoms with Crippen molar-refractivity contribution >= 4 is 22.4 Å². The Morgan fingerprint density at radius 3 is 2.29 bits per heavy atom. The number of piperidine rings is 1. The number of benzene rings is 1. The number of sulfonamides is 1. The molecule has 2 rings (SSSR count). The fourth-order valence-electron chi connectivity index (χ4n) is 2.68. The van der Waals surface area contributed by atoms with Gasteiger partial charge < -0.3 is 5.32 Å². The third-order valence-electron chi connectivity index (χ3n) is 3.95. The van der Waals surface area contributed by atoms with Crippen molar-refractivity contribution in [2.75, 3.05) is 26.7 Å². The van der Waals surface area contributed by atoms with Gasteiger partial charge in [-0.2, -0.15) is 17.5 Å². The highest BCUT2D eigenvalue weighted by Crippen LogP contribution is 2.33. The van der Waals surface area contributed by atoms with E-state index < -0.39 is 32.5 Å². The molecule has 1 aliphatic heterocycles. The summed E-state index contributed by atoms with van der Waals surface area (Å²) in [6.07, 6.45) is -3.54. The Balaban J connectivity index is 0.00000288. The van der Waals surface area contributed by atoms with Gasteiger partial charge in [0.15, 0.2) is 0 Å². The van der Waals surface area contributed by atoms with Crippen molar-refractivity contribution in [1.82, 2.24) is 9.62 Å². The molecule has 1 aromatic carbocycles. The number of hydrogen-bond donors (Lipinski definition) is 1. The first kappa shape index (κ1) is 21.1. The Kier molecular flexibility index (Phi) is 7.04. The summed E-state index contributed by atoms with van der Waals surface area (Å²) >= 11 is 0. The number of alkyl halides is 3. The fourth-order valence-corrected chi connectivity index (χ4v) is 4.16. The van der Waals surface area contributed by atoms with Crippen LogP contribution in [0, 0.1) is 11.7 Å². The van der Waals surface area contributed by atoms with E-state index in [1.165, 1.54) is 4.31 Å². The summed E-state index contributed by atoms with van der Waals surface area (Å²) in [5, 5.41) is 3.03. The van der Waals surface area contributed by atoms with Gasteiger partial charge in [0.1, 0.15) is 5.82 Å². The molecule has 0 saturated carbocycles. The van der Waals surface area contributed by atoms with Gasteiger partial charge in [0.05, 0.1) is 10.5 Å². The molecule has 0 radical (unpaired) electrons. The Morgan fingerprint density at radius 1 is 1.25 bits per heavy atom. The van der Waals surface area contributed by atoms with Crippen LogP contribution in [0.5, 0.6) is 0 Å². The molecule has 1 heterocycles. The Labute approximate surface area is 144 Å². The monoisotopic (exact) mass is 390 g/mol. The van der Waals surface area contributed by atoms with E-state index in [4.69, 9.17) is 0 Å². The molecule has 0 bridgehead atoms. The van der Waals surface area contributed by atoms with E-state index in [2.05, 4.69) is 5.32 Å². The molecule has 1 N–H and O–H groups in total. The lowest BCUT2D eigenvalue weighted by molar-refractivity contribution is -0.140. The highest BCUT2D eigenvalue weighted by atomic mass is 35.5. The minimum atomic E-state index is -4.85. The van der Waals surface area contributed by atoms with Gasteiger partial charge in [-0.1, -0.05) is 0 Å². The molecule has 10 heteroatoms. The summed E-state index contributed by atoms with van der Waals surface area (Å²) in [5.74, 6) is -1.22. The zero-order chi connectivity index (χ0) is 17.3. The topological polar surface area (TPSA) is 49.4 Å². The maximum absolute atomic E-state index is 13.6. The van der Waals surface area contributed by atoms with Gasteiger partial charge in [-0.15, -0.1) is 12.4 Å². The summed E-state index contributed by atoms with van der Waals surface area (Å²) in [6.45, 7) is 1.33. The lowest BCUT2D eigenvalue weighted by atomic mass is 9.98. The quantitative estimate of drug-likeness (QED) is 0.804. The van der Waals surface area contributed by atoms with E-state index in [-0.39, 0.29) is 25.5 Å². The van der Waals surface area contributed by atoms with Crippen molar-refractivity contribution in [3.05, 3.63) is 29.6 Å². The molecule has 0 aromatic heterocycles. The minimum Gasteiger partial charge on any atom is -0.319 e. The van der Waals surface area contributed by atoms with Crippen LogP contribution in [-0.2, 0) is 16.2 Å². The van der Waals surface area contributed by atoms with E-state index in [0.717, 1.165) is 12.6 Å². The van der Waals surface area contributed by atoms with Crippen molar-refractivity contribution in [3.63, 3.8) is 0 Å². The molecule has 24 heavy (non-hydrogen) atoms. The van der Waals surface area contributed by atoms with Crippen LogP contribution < -0.4 is 5.32 Å². The third-order valence-corrected chi connectivity index (χ3v) is 5.84. The maximum atomic E-state index is 13.6. The molecule has 0 unspecified atom stereocenters. The van der Waals surface area contributed by atoms with Gasteiger partial charge >= 0.3 is 6.18 Å². The van der Waals surface area contributed by atoms with E-state index in [1.807, 2.05) is 7.05 Å². The zero-order valence-corrected chi connectivity index (χ0v) is 14.6. The van der Waals surface area contributed by atoms with Crippen molar-refractivity contribution < 1.29 is 26.0 Å². The predicted molar refractivity (Wildman–Crippen MR) is 84.1 cm³/mol. The van der Waals surface area contributed by atoms with Crippen LogP contribution in [0.4, 0.5) is 17.6 Å². The number of hydrogen-bond acceptors (Lipinski definition) is 3. The number of nitrogens with zero attached hydrogens (tertiary/aromatic N) is 1. The molecule has 1 aromatic rings. The summed E-state index contributed by atoms with van der Waals surface area (Å²) in [7, 11) is -2.17. The van der Waals surface area contributed by atoms with Crippen LogP contribution in [0.15, 0.2) is 23.1 Å². The van der Waals surface area contributed by atoms with E-state index in [9.17, 15) is 26.0 Å². The molecular weight excluding hydrogens is 372 g/mol. The molecule has 4 nitrogen and oxygen atoms in total. The third kappa shape index (κ3) is 4.59. The van der Waals surface area contributed by atoms with Gasteiger partial charge in [0.25, 0.3) is 0 Å². The second kappa shape index (κ2) is 7.99. The van der Waals surface area contributed by atoms with Gasteiger partial charge in [-0.25, -0.2) is 12.8 Å². The molecular formula is C14H19ClF4N2O2S. The average Bonchev–Trinajstić information content (AvgIpc) is 2.46. The Bertz CT molecular complexity index is 659. The predicted octanol–water partition coefficient (Wildman–Crippen LogP) is 2.89. The molecule has 0 aliphatic carbocycles. The summed E-state index contributed by atoms with van der Waals surface area (Å²) in [5.41, 5.74) is -1.47. The van der Waals surface area contributed by atoms with E-state index in [0.29, 0.717) is 30.9 Å². The lowest BCUT2D eigenvalue weighted by Crippen LogP contribution is -2.40. The summed E-state index contributed by atoms with van der Waals surface area (Å²) < 4.78 is 77.3. The normalized spacial score (nSPS) is 17.5. The first-order chi connectivity index (χ1) is 10.7. The first-order valence-corrected chi connectivity index (χ1v) is 8.61. The van der Waals surface area contributed by atoms with Gasteiger partial charge in [0.2, 0.25) is 10.0 Å². The van der Waals surface area contributed by atoms with E-state index in [1.54, 1.807) is 0 Å². The largest absolute Gasteiger partial charge is 0.419 e. The first-order valence-electron chi connectivity index (χ1n) is 7.17. The van der Waals surface area contributed by atoms with Crippen molar-refractivity contribution in [2.24, 2.45) is 5.92 Å². The van der Waals surface area contributed by atoms with Gasteiger partial charge in [0, 0.05) is 13.1 Å². The number of nitrogens with one attached hydrogen (secondary N) is 1. The minimum absolute atomic E-state index is 0. The van der Waals surface area contributed by atoms with Gasteiger partial charge in [-0.3, -0.25) is 0 Å². The van der Waals surface area contributed by atoms with Crippen LogP contribution in [0.2, 0.25) is 0 Å². The van der Waals surface area contributed by atoms with Crippen LogP contribution in [0.3, 0.4) is 0 Å². The summed E-state index contributed by atoms with van der Waals surface area (Å²) in [4.78, 5) is -0.449.